The summed E-state index contributed by atoms with van der Waals surface area (Å²) in [5, 5.41) is 0. The van der Waals surface area contributed by atoms with Gasteiger partial charge >= 0.3 is 6.09 Å². The third-order valence-corrected chi connectivity index (χ3v) is 8.13. The summed E-state index contributed by atoms with van der Waals surface area (Å²) in [6.45, 7) is 11.5. The predicted octanol–water partition coefficient (Wildman–Crippen LogP) is 6.97. The first-order valence-corrected chi connectivity index (χ1v) is 15.1. The molecule has 6 nitrogen and oxygen atoms in total. The van der Waals surface area contributed by atoms with E-state index < -0.39 is 5.60 Å². The van der Waals surface area contributed by atoms with Crippen LogP contribution in [-0.4, -0.2) is 66.7 Å². The van der Waals surface area contributed by atoms with Crippen LogP contribution in [0.4, 0.5) is 19.3 Å². The number of fused-ring (bicyclic) bond motifs is 1. The SMILES string of the molecule is CCCN(CCC1CCN(CC(=O)N2CCCC(c3ccc(F)cc3)c3ccc(F)cc32)CC1)C(=O)OC(C)(C)C. The molecule has 1 atom stereocenters. The lowest BCUT2D eigenvalue weighted by molar-refractivity contribution is -0.120. The number of carbonyl (C=O) groups is 2. The van der Waals surface area contributed by atoms with Crippen LogP contribution in [0.2, 0.25) is 0 Å². The van der Waals surface area contributed by atoms with Gasteiger partial charge in [0.1, 0.15) is 17.2 Å². The molecule has 4 rings (SSSR count). The van der Waals surface area contributed by atoms with E-state index in [1.54, 1.807) is 23.1 Å². The molecule has 0 radical (unpaired) electrons. The van der Waals surface area contributed by atoms with E-state index in [1.165, 1.54) is 24.3 Å². The number of likely N-dealkylation sites (tertiary alicyclic amines) is 1. The molecular formula is C33H45F2N3O3. The minimum atomic E-state index is -0.511. The topological polar surface area (TPSA) is 53.1 Å². The summed E-state index contributed by atoms with van der Waals surface area (Å²) in [5.41, 5.74) is 1.99. The van der Waals surface area contributed by atoms with Crippen molar-refractivity contribution in [2.45, 2.75) is 77.7 Å². The summed E-state index contributed by atoms with van der Waals surface area (Å²) >= 11 is 0. The Morgan fingerprint density at radius 2 is 1.63 bits per heavy atom. The molecule has 8 heteroatoms. The van der Waals surface area contributed by atoms with Crippen molar-refractivity contribution in [3.63, 3.8) is 0 Å². The molecular weight excluding hydrogens is 524 g/mol. The standard InChI is InChI=1S/C33H45F2N3O3/c1-5-17-37(32(40)41-33(2,3)4)21-16-24-14-19-36(20-15-24)23-31(39)38-18-6-7-28(25-8-10-26(34)11-9-25)29-13-12-27(35)22-30(29)38/h8-13,22,24,28H,5-7,14-21,23H2,1-4H3. The van der Waals surface area contributed by atoms with Crippen molar-refractivity contribution in [3.8, 4) is 0 Å². The quantitative estimate of drug-likeness (QED) is 0.345. The zero-order chi connectivity index (χ0) is 29.6. The highest BCUT2D eigenvalue weighted by Gasteiger charge is 2.30. The Morgan fingerprint density at radius 1 is 0.951 bits per heavy atom. The lowest BCUT2D eigenvalue weighted by atomic mass is 9.87. The highest BCUT2D eigenvalue weighted by molar-refractivity contribution is 5.96. The van der Waals surface area contributed by atoms with Crippen molar-refractivity contribution in [3.05, 3.63) is 65.2 Å². The van der Waals surface area contributed by atoms with Gasteiger partial charge in [-0.15, -0.1) is 0 Å². The number of hydrogen-bond acceptors (Lipinski definition) is 4. The van der Waals surface area contributed by atoms with Gasteiger partial charge in [-0.05, 0) is 114 Å². The third kappa shape index (κ3) is 8.51. The number of hydrogen-bond donors (Lipinski definition) is 0. The van der Waals surface area contributed by atoms with Gasteiger partial charge in [-0.2, -0.15) is 0 Å². The molecule has 2 amide bonds. The Kier molecular flexibility index (Phi) is 10.4. The van der Waals surface area contributed by atoms with Gasteiger partial charge in [0.25, 0.3) is 0 Å². The van der Waals surface area contributed by atoms with Crippen molar-refractivity contribution in [2.75, 3.05) is 44.2 Å². The molecule has 0 aliphatic carbocycles. The van der Waals surface area contributed by atoms with Gasteiger partial charge in [0.2, 0.25) is 5.91 Å². The van der Waals surface area contributed by atoms with Crippen LogP contribution in [0.3, 0.4) is 0 Å². The van der Waals surface area contributed by atoms with E-state index in [4.69, 9.17) is 4.74 Å². The number of halogens is 2. The average molecular weight is 570 g/mol. The molecule has 1 fully saturated rings. The normalized spacial score (nSPS) is 18.5. The first-order valence-electron chi connectivity index (χ1n) is 15.1. The molecule has 1 saturated heterocycles. The van der Waals surface area contributed by atoms with Crippen LogP contribution >= 0.6 is 0 Å². The number of piperidine rings is 1. The molecule has 2 aromatic carbocycles. The van der Waals surface area contributed by atoms with Crippen LogP contribution in [0.1, 0.15) is 83.3 Å². The van der Waals surface area contributed by atoms with Gasteiger partial charge in [0, 0.05) is 25.6 Å². The van der Waals surface area contributed by atoms with Gasteiger partial charge in [-0.25, -0.2) is 13.6 Å². The van der Waals surface area contributed by atoms with Crippen molar-refractivity contribution in [2.24, 2.45) is 5.92 Å². The van der Waals surface area contributed by atoms with E-state index in [0.29, 0.717) is 37.8 Å². The molecule has 0 bridgehead atoms. The predicted molar refractivity (Wildman–Crippen MR) is 158 cm³/mol. The number of ether oxygens (including phenoxy) is 1. The van der Waals surface area contributed by atoms with Crippen LogP contribution in [-0.2, 0) is 9.53 Å². The van der Waals surface area contributed by atoms with Crippen LogP contribution in [0, 0.1) is 17.6 Å². The van der Waals surface area contributed by atoms with Gasteiger partial charge in [-0.1, -0.05) is 25.1 Å². The maximum absolute atomic E-state index is 14.4. The molecule has 0 aromatic heterocycles. The summed E-state index contributed by atoms with van der Waals surface area (Å²) in [4.78, 5) is 32.0. The van der Waals surface area contributed by atoms with E-state index in [-0.39, 0.29) is 29.6 Å². The maximum atomic E-state index is 14.4. The number of benzene rings is 2. The highest BCUT2D eigenvalue weighted by Crippen LogP contribution is 2.39. The van der Waals surface area contributed by atoms with E-state index in [0.717, 1.165) is 62.7 Å². The smallest absolute Gasteiger partial charge is 0.410 e. The Morgan fingerprint density at radius 3 is 2.29 bits per heavy atom. The van der Waals surface area contributed by atoms with E-state index in [9.17, 15) is 18.4 Å². The lowest BCUT2D eigenvalue weighted by Crippen LogP contribution is -2.44. The summed E-state index contributed by atoms with van der Waals surface area (Å²) in [7, 11) is 0. The maximum Gasteiger partial charge on any atom is 0.410 e. The van der Waals surface area contributed by atoms with E-state index in [1.807, 2.05) is 25.7 Å². The van der Waals surface area contributed by atoms with Crippen LogP contribution in [0.15, 0.2) is 42.5 Å². The second-order valence-electron chi connectivity index (χ2n) is 12.5. The molecule has 2 heterocycles. The Bertz CT molecular complexity index is 1170. The minimum absolute atomic E-state index is 0.0193. The van der Waals surface area contributed by atoms with Crippen molar-refractivity contribution in [1.82, 2.24) is 9.80 Å². The zero-order valence-corrected chi connectivity index (χ0v) is 25.0. The Balaban J connectivity index is 1.35. The Hall–Kier alpha value is -3.00. The fraction of sp³-hybridized carbons (Fsp3) is 0.576. The number of rotatable bonds is 8. The summed E-state index contributed by atoms with van der Waals surface area (Å²) in [5.74, 6) is -0.205. The van der Waals surface area contributed by atoms with Crippen molar-refractivity contribution < 1.29 is 23.1 Å². The molecule has 1 unspecified atom stereocenters. The van der Waals surface area contributed by atoms with Gasteiger partial charge < -0.3 is 14.5 Å². The first-order chi connectivity index (χ1) is 19.5. The summed E-state index contributed by atoms with van der Waals surface area (Å²) in [6.07, 6.45) is 5.07. The molecule has 0 N–H and O–H groups in total. The largest absolute Gasteiger partial charge is 0.444 e. The fourth-order valence-electron chi connectivity index (χ4n) is 6.01. The second-order valence-corrected chi connectivity index (χ2v) is 12.5. The van der Waals surface area contributed by atoms with Gasteiger partial charge in [-0.3, -0.25) is 9.69 Å². The monoisotopic (exact) mass is 569 g/mol. The lowest BCUT2D eigenvalue weighted by Gasteiger charge is -2.34. The number of nitrogens with zero attached hydrogens (tertiary/aromatic N) is 3. The highest BCUT2D eigenvalue weighted by atomic mass is 19.1. The first kappa shape index (κ1) is 30.9. The number of anilines is 1. The Labute approximate surface area is 243 Å². The molecule has 2 aliphatic heterocycles. The van der Waals surface area contributed by atoms with Gasteiger partial charge in [0.05, 0.1) is 12.2 Å². The van der Waals surface area contributed by atoms with Crippen molar-refractivity contribution >= 4 is 17.7 Å². The zero-order valence-electron chi connectivity index (χ0n) is 25.0. The average Bonchev–Trinajstić information content (AvgIpc) is 3.10. The number of carbonyl (C=O) groups excluding carboxylic acids is 2. The molecule has 224 valence electrons. The molecule has 2 aromatic rings. The molecule has 0 saturated carbocycles. The van der Waals surface area contributed by atoms with Gasteiger partial charge in [0.15, 0.2) is 0 Å². The molecule has 41 heavy (non-hydrogen) atoms. The van der Waals surface area contributed by atoms with Crippen LogP contribution in [0.25, 0.3) is 0 Å². The second kappa shape index (κ2) is 13.8. The molecule has 0 spiro atoms. The molecule has 2 aliphatic rings. The van der Waals surface area contributed by atoms with Crippen LogP contribution < -0.4 is 4.90 Å². The van der Waals surface area contributed by atoms with E-state index >= 15 is 0 Å². The van der Waals surface area contributed by atoms with E-state index in [2.05, 4.69) is 11.8 Å². The third-order valence-electron chi connectivity index (χ3n) is 8.13. The summed E-state index contributed by atoms with van der Waals surface area (Å²) < 4.78 is 33.6. The van der Waals surface area contributed by atoms with Crippen LogP contribution in [0.5, 0.6) is 0 Å². The van der Waals surface area contributed by atoms with Crippen molar-refractivity contribution in [1.29, 1.82) is 0 Å². The fourth-order valence-corrected chi connectivity index (χ4v) is 6.01. The minimum Gasteiger partial charge on any atom is -0.444 e. The number of amides is 2. The summed E-state index contributed by atoms with van der Waals surface area (Å²) in [6, 6.07) is 11.2.